The number of halogens is 3. The fraction of sp³-hybridized carbons (Fsp3) is 0.250. The first-order chi connectivity index (χ1) is 12.3. The average Bonchev–Trinajstić information content (AvgIpc) is 2.96. The third-order valence-corrected chi connectivity index (χ3v) is 4.52. The third-order valence-electron chi connectivity index (χ3n) is 3.58. The van der Waals surface area contributed by atoms with Crippen molar-refractivity contribution in [1.29, 1.82) is 5.26 Å². The number of rotatable bonds is 4. The Morgan fingerprint density at radius 1 is 1.27 bits per heavy atom. The minimum Gasteiger partial charge on any atom is -0.318 e. The van der Waals surface area contributed by atoms with Gasteiger partial charge in [0.2, 0.25) is 0 Å². The molecule has 0 aliphatic rings. The number of aromatic nitrogens is 4. The van der Waals surface area contributed by atoms with Gasteiger partial charge in [0.25, 0.3) is 5.56 Å². The van der Waals surface area contributed by atoms with Gasteiger partial charge in [0, 0.05) is 12.8 Å². The van der Waals surface area contributed by atoms with Gasteiger partial charge in [-0.15, -0.1) is 0 Å². The summed E-state index contributed by atoms with van der Waals surface area (Å²) in [5.74, 6) is -0.268. The largest absolute Gasteiger partial charge is 0.389 e. The first kappa shape index (κ1) is 18.0. The van der Waals surface area contributed by atoms with Crippen molar-refractivity contribution < 1.29 is 13.2 Å². The molecular formula is C16H12F3N5OS. The lowest BCUT2D eigenvalue weighted by atomic mass is 10.2. The van der Waals surface area contributed by atoms with Gasteiger partial charge in [0.05, 0.1) is 30.1 Å². The number of aryl methyl sites for hydroxylation is 1. The number of fused-ring (bicyclic) bond motifs is 1. The zero-order valence-corrected chi connectivity index (χ0v) is 14.3. The van der Waals surface area contributed by atoms with Crippen molar-refractivity contribution in [3.05, 3.63) is 46.5 Å². The van der Waals surface area contributed by atoms with E-state index in [1.807, 2.05) is 6.07 Å². The maximum atomic E-state index is 12.8. The Hall–Kier alpha value is -2.80. The van der Waals surface area contributed by atoms with Crippen molar-refractivity contribution in [3.63, 3.8) is 0 Å². The number of imidazole rings is 1. The van der Waals surface area contributed by atoms with Crippen LogP contribution in [-0.4, -0.2) is 31.0 Å². The van der Waals surface area contributed by atoms with Gasteiger partial charge in [-0.3, -0.25) is 9.36 Å². The van der Waals surface area contributed by atoms with Crippen molar-refractivity contribution in [2.45, 2.75) is 17.8 Å². The van der Waals surface area contributed by atoms with E-state index in [1.54, 1.807) is 19.2 Å². The quantitative estimate of drug-likeness (QED) is 0.514. The van der Waals surface area contributed by atoms with Gasteiger partial charge in [-0.05, 0) is 24.3 Å². The highest BCUT2D eigenvalue weighted by molar-refractivity contribution is 7.99. The summed E-state index contributed by atoms with van der Waals surface area (Å²) in [7, 11) is 1.65. The molecule has 3 aromatic rings. The summed E-state index contributed by atoms with van der Waals surface area (Å²) in [5, 5.41) is 9.03. The summed E-state index contributed by atoms with van der Waals surface area (Å²) < 4.78 is 40.2. The molecule has 0 atom stereocenters. The zero-order chi connectivity index (χ0) is 18.9. The van der Waals surface area contributed by atoms with Crippen LogP contribution in [0.4, 0.5) is 13.2 Å². The molecule has 26 heavy (non-hydrogen) atoms. The molecule has 0 radical (unpaired) electrons. The third kappa shape index (κ3) is 3.57. The Bertz CT molecular complexity index is 1050. The lowest BCUT2D eigenvalue weighted by Gasteiger charge is -2.12. The fourth-order valence-corrected chi connectivity index (χ4v) is 3.29. The van der Waals surface area contributed by atoms with Gasteiger partial charge in [-0.25, -0.2) is 9.97 Å². The number of nitrogens with zero attached hydrogens (tertiary/aromatic N) is 5. The van der Waals surface area contributed by atoms with Crippen LogP contribution in [0.3, 0.4) is 0 Å². The van der Waals surface area contributed by atoms with E-state index < -0.39 is 18.2 Å². The lowest BCUT2D eigenvalue weighted by Crippen LogP contribution is -2.22. The van der Waals surface area contributed by atoms with Crippen LogP contribution in [0.1, 0.15) is 12.0 Å². The second kappa shape index (κ2) is 6.84. The predicted molar refractivity (Wildman–Crippen MR) is 90.2 cm³/mol. The number of hydrogen-bond acceptors (Lipinski definition) is 5. The molecule has 10 heteroatoms. The fourth-order valence-electron chi connectivity index (χ4n) is 2.31. The molecule has 0 amide bonds. The van der Waals surface area contributed by atoms with Gasteiger partial charge >= 0.3 is 6.18 Å². The van der Waals surface area contributed by atoms with E-state index in [0.29, 0.717) is 16.9 Å². The van der Waals surface area contributed by atoms with E-state index in [2.05, 4.69) is 9.97 Å². The summed E-state index contributed by atoms with van der Waals surface area (Å²) in [6, 6.07) is 8.11. The van der Waals surface area contributed by atoms with E-state index in [1.165, 1.54) is 27.6 Å². The molecule has 0 unspecified atom stereocenters. The van der Waals surface area contributed by atoms with Crippen LogP contribution >= 0.6 is 11.8 Å². The molecule has 0 aliphatic heterocycles. The second-order valence-corrected chi connectivity index (χ2v) is 6.50. The van der Waals surface area contributed by atoms with Crippen molar-refractivity contribution >= 4 is 22.9 Å². The molecule has 134 valence electrons. The van der Waals surface area contributed by atoms with E-state index in [-0.39, 0.29) is 16.4 Å². The molecule has 2 aromatic heterocycles. The summed E-state index contributed by atoms with van der Waals surface area (Å²) >= 11 is 0.846. The molecular weight excluding hydrogens is 367 g/mol. The Balaban J connectivity index is 2.11. The van der Waals surface area contributed by atoms with Crippen LogP contribution in [0, 0.1) is 11.3 Å². The van der Waals surface area contributed by atoms with E-state index in [4.69, 9.17) is 5.26 Å². The highest BCUT2D eigenvalue weighted by Crippen LogP contribution is 2.26. The van der Waals surface area contributed by atoms with Crippen molar-refractivity contribution in [1.82, 2.24) is 19.1 Å². The molecule has 0 saturated heterocycles. The molecule has 0 fully saturated rings. The first-order valence-electron chi connectivity index (χ1n) is 7.44. The Labute approximate surface area is 149 Å². The summed E-state index contributed by atoms with van der Waals surface area (Å²) in [6.45, 7) is 0. The normalized spacial score (nSPS) is 11.7. The summed E-state index contributed by atoms with van der Waals surface area (Å²) in [4.78, 5) is 21.2. The molecule has 6 nitrogen and oxygen atoms in total. The zero-order valence-electron chi connectivity index (χ0n) is 13.5. The minimum atomic E-state index is -4.29. The highest BCUT2D eigenvalue weighted by atomic mass is 32.2. The molecule has 1 aromatic carbocycles. The summed E-state index contributed by atoms with van der Waals surface area (Å²) in [5.41, 5.74) is 0.754. The Morgan fingerprint density at radius 3 is 2.58 bits per heavy atom. The van der Waals surface area contributed by atoms with E-state index >= 15 is 0 Å². The van der Waals surface area contributed by atoms with Gasteiger partial charge in [-0.1, -0.05) is 11.8 Å². The molecule has 0 spiro atoms. The Kier molecular flexibility index (Phi) is 4.73. The van der Waals surface area contributed by atoms with E-state index in [0.717, 1.165) is 11.8 Å². The average molecular weight is 379 g/mol. The second-order valence-electron chi connectivity index (χ2n) is 5.43. The molecule has 0 bridgehead atoms. The van der Waals surface area contributed by atoms with Gasteiger partial charge in [-0.2, -0.15) is 18.4 Å². The van der Waals surface area contributed by atoms with Gasteiger partial charge in [0.15, 0.2) is 16.3 Å². The molecule has 2 heterocycles. The van der Waals surface area contributed by atoms with Crippen molar-refractivity contribution in [3.8, 4) is 11.8 Å². The molecule has 0 aliphatic carbocycles. The van der Waals surface area contributed by atoms with Crippen LogP contribution in [0.2, 0.25) is 0 Å². The van der Waals surface area contributed by atoms with Crippen LogP contribution in [0.5, 0.6) is 0 Å². The molecule has 0 N–H and O–H groups in total. The number of thioether (sulfide) groups is 1. The highest BCUT2D eigenvalue weighted by Gasteiger charge is 2.27. The minimum absolute atomic E-state index is 0.122. The van der Waals surface area contributed by atoms with Gasteiger partial charge in [0.1, 0.15) is 0 Å². The molecule has 3 rings (SSSR count). The smallest absolute Gasteiger partial charge is 0.318 e. The maximum Gasteiger partial charge on any atom is 0.389 e. The number of alkyl halides is 3. The van der Waals surface area contributed by atoms with Crippen LogP contribution in [0.25, 0.3) is 16.9 Å². The van der Waals surface area contributed by atoms with Crippen molar-refractivity contribution in [2.24, 2.45) is 7.05 Å². The number of hydrogen-bond donors (Lipinski definition) is 0. The maximum absolute atomic E-state index is 12.8. The Morgan fingerprint density at radius 2 is 1.96 bits per heavy atom. The predicted octanol–water partition coefficient (Wildman–Crippen LogP) is 3.04. The summed E-state index contributed by atoms with van der Waals surface area (Å²) in [6.07, 6.45) is -3.86. The monoisotopic (exact) mass is 379 g/mol. The SMILES string of the molecule is Cn1cnc2c(=O)n(-c3ccc(C#N)cc3)c(SCCC(F)(F)F)nc21. The van der Waals surface area contributed by atoms with E-state index in [9.17, 15) is 18.0 Å². The molecule has 0 saturated carbocycles. The van der Waals surface area contributed by atoms with Crippen molar-refractivity contribution in [2.75, 3.05) is 5.75 Å². The topological polar surface area (TPSA) is 76.5 Å². The van der Waals surface area contributed by atoms with Crippen LogP contribution in [0.15, 0.2) is 40.5 Å². The number of benzene rings is 1. The van der Waals surface area contributed by atoms with Gasteiger partial charge < -0.3 is 4.57 Å². The van der Waals surface area contributed by atoms with Crippen LogP contribution in [-0.2, 0) is 7.05 Å². The van der Waals surface area contributed by atoms with Crippen LogP contribution < -0.4 is 5.56 Å². The number of nitriles is 1. The first-order valence-corrected chi connectivity index (χ1v) is 8.43. The standard InChI is InChI=1S/C16H12F3N5OS/c1-23-9-21-12-13(23)22-15(26-7-6-16(17,18)19)24(14(12)25)11-4-2-10(8-20)3-5-11/h2-5,9H,6-7H2,1H3. The lowest BCUT2D eigenvalue weighted by molar-refractivity contribution is -0.129.